The SMILES string of the molecule is NC(N)=N/N=C/C=C/c1cccn1-c1ccc(N2CCCC2)cc1. The molecule has 0 saturated carbocycles. The molecule has 1 aromatic heterocycles. The summed E-state index contributed by atoms with van der Waals surface area (Å²) in [5, 5.41) is 7.29. The van der Waals surface area contributed by atoms with Crippen LogP contribution in [0.4, 0.5) is 5.69 Å². The molecule has 1 saturated heterocycles. The van der Waals surface area contributed by atoms with Crippen LogP contribution in [-0.4, -0.2) is 29.8 Å². The van der Waals surface area contributed by atoms with Crippen LogP contribution in [0.25, 0.3) is 11.8 Å². The first kappa shape index (κ1) is 15.9. The molecule has 1 aliphatic rings. The molecule has 2 heterocycles. The highest BCUT2D eigenvalue weighted by Crippen LogP contribution is 2.22. The predicted molar refractivity (Wildman–Crippen MR) is 101 cm³/mol. The van der Waals surface area contributed by atoms with E-state index in [0.717, 1.165) is 24.5 Å². The predicted octanol–water partition coefficient (Wildman–Crippen LogP) is 2.35. The topological polar surface area (TPSA) is 84.9 Å². The summed E-state index contributed by atoms with van der Waals surface area (Å²) in [6.07, 6.45) is 9.92. The number of aromatic nitrogens is 1. The van der Waals surface area contributed by atoms with Gasteiger partial charge in [-0.1, -0.05) is 0 Å². The smallest absolute Gasteiger partial charge is 0.211 e. The van der Waals surface area contributed by atoms with Gasteiger partial charge in [0.1, 0.15) is 0 Å². The van der Waals surface area contributed by atoms with Gasteiger partial charge < -0.3 is 20.9 Å². The van der Waals surface area contributed by atoms with Crippen LogP contribution in [0, 0.1) is 0 Å². The molecule has 0 atom stereocenters. The summed E-state index contributed by atoms with van der Waals surface area (Å²) < 4.78 is 2.12. The van der Waals surface area contributed by atoms with Crippen molar-refractivity contribution in [3.63, 3.8) is 0 Å². The van der Waals surface area contributed by atoms with Gasteiger partial charge in [-0.15, -0.1) is 5.10 Å². The first-order valence-electron chi connectivity index (χ1n) is 8.05. The average Bonchev–Trinajstić information content (AvgIpc) is 3.26. The molecule has 3 rings (SSSR count). The van der Waals surface area contributed by atoms with E-state index in [9.17, 15) is 0 Å². The van der Waals surface area contributed by atoms with Crippen molar-refractivity contribution in [1.29, 1.82) is 0 Å². The number of nitrogens with zero attached hydrogens (tertiary/aromatic N) is 4. The zero-order chi connectivity index (χ0) is 16.8. The van der Waals surface area contributed by atoms with Crippen molar-refractivity contribution in [2.24, 2.45) is 21.7 Å². The molecule has 1 fully saturated rings. The quantitative estimate of drug-likeness (QED) is 0.503. The van der Waals surface area contributed by atoms with Crippen molar-refractivity contribution < 1.29 is 0 Å². The minimum atomic E-state index is -0.0545. The van der Waals surface area contributed by atoms with Gasteiger partial charge in [0.25, 0.3) is 0 Å². The Balaban J connectivity index is 1.73. The van der Waals surface area contributed by atoms with Crippen LogP contribution in [0.1, 0.15) is 18.5 Å². The van der Waals surface area contributed by atoms with Crippen molar-refractivity contribution >= 4 is 23.9 Å². The van der Waals surface area contributed by atoms with Crippen LogP contribution in [-0.2, 0) is 0 Å². The Hall–Kier alpha value is -3.02. The second-order valence-electron chi connectivity index (χ2n) is 5.66. The molecule has 0 radical (unpaired) electrons. The normalized spacial score (nSPS) is 14.8. The third kappa shape index (κ3) is 3.84. The van der Waals surface area contributed by atoms with Gasteiger partial charge in [0, 0.05) is 42.6 Å². The van der Waals surface area contributed by atoms with Crippen molar-refractivity contribution in [2.45, 2.75) is 12.8 Å². The lowest BCUT2D eigenvalue weighted by molar-refractivity contribution is 0.949. The zero-order valence-corrected chi connectivity index (χ0v) is 13.5. The molecule has 1 aliphatic heterocycles. The molecule has 0 bridgehead atoms. The van der Waals surface area contributed by atoms with Crippen LogP contribution in [0.3, 0.4) is 0 Å². The van der Waals surface area contributed by atoms with Gasteiger partial charge in [0.2, 0.25) is 5.96 Å². The van der Waals surface area contributed by atoms with Crippen LogP contribution in [0.2, 0.25) is 0 Å². The number of guanidine groups is 1. The van der Waals surface area contributed by atoms with Crippen molar-refractivity contribution in [3.8, 4) is 5.69 Å². The number of allylic oxidation sites excluding steroid dienone is 1. The molecule has 0 amide bonds. The van der Waals surface area contributed by atoms with E-state index in [1.807, 2.05) is 24.4 Å². The number of hydrogen-bond acceptors (Lipinski definition) is 3. The summed E-state index contributed by atoms with van der Waals surface area (Å²) in [4.78, 5) is 2.43. The number of rotatable bonds is 5. The highest BCUT2D eigenvalue weighted by atomic mass is 15.3. The van der Waals surface area contributed by atoms with Gasteiger partial charge in [0.05, 0.1) is 0 Å². The summed E-state index contributed by atoms with van der Waals surface area (Å²) in [7, 11) is 0. The Morgan fingerprint density at radius 2 is 1.71 bits per heavy atom. The number of anilines is 1. The Labute approximate surface area is 141 Å². The maximum absolute atomic E-state index is 5.21. The number of nitrogens with two attached hydrogens (primary N) is 2. The molecule has 6 heteroatoms. The molecule has 2 aromatic rings. The Bertz CT molecular complexity index is 744. The first-order valence-corrected chi connectivity index (χ1v) is 8.05. The maximum Gasteiger partial charge on any atom is 0.211 e. The summed E-state index contributed by atoms with van der Waals surface area (Å²) in [5.74, 6) is -0.0545. The van der Waals surface area contributed by atoms with E-state index in [0.29, 0.717) is 0 Å². The van der Waals surface area contributed by atoms with Gasteiger partial charge in [-0.05, 0) is 61.4 Å². The summed E-state index contributed by atoms with van der Waals surface area (Å²) in [6.45, 7) is 2.32. The fourth-order valence-electron chi connectivity index (χ4n) is 2.84. The maximum atomic E-state index is 5.21. The van der Waals surface area contributed by atoms with Crippen LogP contribution < -0.4 is 16.4 Å². The number of hydrogen-bond donors (Lipinski definition) is 2. The lowest BCUT2D eigenvalue weighted by atomic mass is 10.2. The average molecular weight is 322 g/mol. The highest BCUT2D eigenvalue weighted by molar-refractivity contribution is 5.80. The zero-order valence-electron chi connectivity index (χ0n) is 13.5. The monoisotopic (exact) mass is 322 g/mol. The van der Waals surface area contributed by atoms with Gasteiger partial charge >= 0.3 is 0 Å². The molecule has 124 valence electrons. The summed E-state index contributed by atoms with van der Waals surface area (Å²) in [5.41, 5.74) is 13.9. The molecule has 0 spiro atoms. The van der Waals surface area contributed by atoms with E-state index in [-0.39, 0.29) is 5.96 Å². The molecule has 24 heavy (non-hydrogen) atoms. The van der Waals surface area contributed by atoms with E-state index >= 15 is 0 Å². The van der Waals surface area contributed by atoms with Crippen molar-refractivity contribution in [3.05, 3.63) is 54.4 Å². The fourth-order valence-corrected chi connectivity index (χ4v) is 2.84. The molecular formula is C18H22N6. The second kappa shape index (κ2) is 7.50. The Morgan fingerprint density at radius 1 is 1.00 bits per heavy atom. The lowest BCUT2D eigenvalue weighted by Gasteiger charge is -2.18. The van der Waals surface area contributed by atoms with Crippen LogP contribution in [0.5, 0.6) is 0 Å². The van der Waals surface area contributed by atoms with E-state index in [1.165, 1.54) is 18.5 Å². The third-order valence-corrected chi connectivity index (χ3v) is 3.97. The standard InChI is InChI=1S/C18H22N6/c19-18(20)22-21-11-3-5-16-6-4-14-24(16)17-9-7-15(8-10-17)23-12-1-2-13-23/h3-11,14H,1-2,12-13H2,(H4,19,20,22)/b5-3+,21-11+. The Morgan fingerprint density at radius 3 is 2.42 bits per heavy atom. The largest absolute Gasteiger partial charge is 0.372 e. The Kier molecular flexibility index (Phi) is 4.96. The fraction of sp³-hybridized carbons (Fsp3) is 0.222. The minimum Gasteiger partial charge on any atom is -0.372 e. The van der Waals surface area contributed by atoms with E-state index in [2.05, 4.69) is 43.9 Å². The molecule has 1 aromatic carbocycles. The van der Waals surface area contributed by atoms with E-state index < -0.39 is 0 Å². The second-order valence-corrected chi connectivity index (χ2v) is 5.66. The summed E-state index contributed by atoms with van der Waals surface area (Å²) in [6, 6.07) is 12.7. The lowest BCUT2D eigenvalue weighted by Crippen LogP contribution is -2.21. The molecule has 4 N–H and O–H groups in total. The van der Waals surface area contributed by atoms with Crippen molar-refractivity contribution in [1.82, 2.24) is 4.57 Å². The molecular weight excluding hydrogens is 300 g/mol. The van der Waals surface area contributed by atoms with Gasteiger partial charge in [-0.2, -0.15) is 5.10 Å². The minimum absolute atomic E-state index is 0.0545. The van der Waals surface area contributed by atoms with Crippen LogP contribution >= 0.6 is 0 Å². The molecule has 0 unspecified atom stereocenters. The van der Waals surface area contributed by atoms with E-state index in [4.69, 9.17) is 11.5 Å². The van der Waals surface area contributed by atoms with Gasteiger partial charge in [-0.25, -0.2) is 0 Å². The van der Waals surface area contributed by atoms with Crippen molar-refractivity contribution in [2.75, 3.05) is 18.0 Å². The number of benzene rings is 1. The summed E-state index contributed by atoms with van der Waals surface area (Å²) >= 11 is 0. The molecule has 6 nitrogen and oxygen atoms in total. The van der Waals surface area contributed by atoms with Crippen LogP contribution in [0.15, 0.2) is 58.9 Å². The van der Waals surface area contributed by atoms with E-state index in [1.54, 1.807) is 12.3 Å². The first-order chi connectivity index (χ1) is 11.7. The third-order valence-electron chi connectivity index (χ3n) is 3.97. The molecule has 0 aliphatic carbocycles. The van der Waals surface area contributed by atoms with Gasteiger partial charge in [0.15, 0.2) is 0 Å². The highest BCUT2D eigenvalue weighted by Gasteiger charge is 2.12. The van der Waals surface area contributed by atoms with Gasteiger partial charge in [-0.3, -0.25) is 0 Å².